The number of carbonyl (C=O) groups excluding carboxylic acids is 3. The Labute approximate surface area is 143 Å². The maximum atomic E-state index is 12.6. The van der Waals surface area contributed by atoms with E-state index < -0.39 is 17.8 Å². The Bertz CT molecular complexity index is 839. The van der Waals surface area contributed by atoms with Crippen molar-refractivity contribution in [2.45, 2.75) is 12.8 Å². The van der Waals surface area contributed by atoms with E-state index in [0.29, 0.717) is 10.9 Å². The second-order valence-electron chi connectivity index (χ2n) is 5.90. The van der Waals surface area contributed by atoms with Gasteiger partial charge in [0.2, 0.25) is 0 Å². The van der Waals surface area contributed by atoms with Crippen LogP contribution in [0.5, 0.6) is 0 Å². The minimum Gasteiger partial charge on any atom is -0.356 e. The number of amides is 2. The highest BCUT2D eigenvalue weighted by Gasteiger charge is 2.39. The minimum atomic E-state index is -0.774. The highest BCUT2D eigenvalue weighted by atomic mass is 16.7. The summed E-state index contributed by atoms with van der Waals surface area (Å²) < 4.78 is 0. The van der Waals surface area contributed by atoms with Crippen LogP contribution in [0.15, 0.2) is 42.6 Å². The number of imide groups is 1. The lowest BCUT2D eigenvalue weighted by molar-refractivity contribution is -0.0584. The highest BCUT2D eigenvalue weighted by Crippen LogP contribution is 2.26. The van der Waals surface area contributed by atoms with Gasteiger partial charge < -0.3 is 9.74 Å². The minimum absolute atomic E-state index is 0.228. The number of anilines is 1. The third kappa shape index (κ3) is 2.53. The summed E-state index contributed by atoms with van der Waals surface area (Å²) in [7, 11) is 0. The Morgan fingerprint density at radius 2 is 1.60 bits per heavy atom. The Kier molecular flexibility index (Phi) is 3.68. The summed E-state index contributed by atoms with van der Waals surface area (Å²) in [6.45, 7) is 1.62. The van der Waals surface area contributed by atoms with Crippen molar-refractivity contribution in [2.75, 3.05) is 18.0 Å². The van der Waals surface area contributed by atoms with Crippen molar-refractivity contribution in [3.8, 4) is 0 Å². The fraction of sp³-hybridized carbons (Fsp3) is 0.222. The van der Waals surface area contributed by atoms with Crippen LogP contribution in [0.2, 0.25) is 0 Å². The normalized spacial score (nSPS) is 16.3. The molecule has 1 aromatic heterocycles. The zero-order valence-corrected chi connectivity index (χ0v) is 13.3. The van der Waals surface area contributed by atoms with Gasteiger partial charge in [0.1, 0.15) is 11.4 Å². The predicted octanol–water partition coefficient (Wildman–Crippen LogP) is 2.05. The molecular weight excluding hydrogens is 322 g/mol. The van der Waals surface area contributed by atoms with Gasteiger partial charge in [0.25, 0.3) is 11.8 Å². The third-order valence-corrected chi connectivity index (χ3v) is 4.34. The number of carbonyl (C=O) groups is 3. The van der Waals surface area contributed by atoms with Crippen LogP contribution in [0, 0.1) is 0 Å². The Balaban J connectivity index is 1.60. The van der Waals surface area contributed by atoms with Gasteiger partial charge in [-0.1, -0.05) is 17.2 Å². The first-order chi connectivity index (χ1) is 12.2. The van der Waals surface area contributed by atoms with E-state index in [9.17, 15) is 14.4 Å². The Morgan fingerprint density at radius 3 is 2.24 bits per heavy atom. The summed E-state index contributed by atoms with van der Waals surface area (Å²) in [5.74, 6) is -1.53. The number of hydrogen-bond acceptors (Lipinski definition) is 6. The molecule has 1 saturated heterocycles. The first kappa shape index (κ1) is 15.3. The molecule has 25 heavy (non-hydrogen) atoms. The van der Waals surface area contributed by atoms with Gasteiger partial charge in [-0.05, 0) is 37.1 Å². The van der Waals surface area contributed by atoms with Crippen molar-refractivity contribution in [1.82, 2.24) is 10.0 Å². The zero-order chi connectivity index (χ0) is 17.4. The summed E-state index contributed by atoms with van der Waals surface area (Å²) in [6, 6.07) is 9.58. The van der Waals surface area contributed by atoms with Crippen LogP contribution in [0.25, 0.3) is 0 Å². The van der Waals surface area contributed by atoms with E-state index in [-0.39, 0.29) is 16.7 Å². The largest absolute Gasteiger partial charge is 0.367 e. The summed E-state index contributed by atoms with van der Waals surface area (Å²) >= 11 is 0. The second kappa shape index (κ2) is 6.01. The average Bonchev–Trinajstić information content (AvgIpc) is 3.26. The Hall–Kier alpha value is -3.22. The van der Waals surface area contributed by atoms with Gasteiger partial charge in [0, 0.05) is 19.3 Å². The fourth-order valence-electron chi connectivity index (χ4n) is 3.12. The Morgan fingerprint density at radius 1 is 0.960 bits per heavy atom. The molecule has 3 heterocycles. The van der Waals surface area contributed by atoms with Crippen LogP contribution in [0.4, 0.5) is 5.82 Å². The molecule has 0 bridgehead atoms. The van der Waals surface area contributed by atoms with Gasteiger partial charge in [0.05, 0.1) is 11.1 Å². The molecular formula is C18H15N3O4. The van der Waals surface area contributed by atoms with E-state index in [1.807, 2.05) is 4.90 Å². The average molecular weight is 337 g/mol. The predicted molar refractivity (Wildman–Crippen MR) is 88.0 cm³/mol. The standard InChI is InChI=1S/C18H15N3O4/c22-16-12-6-1-2-7-13(12)17(23)21(16)25-18(24)14-8-5-9-19-15(14)20-10-3-4-11-20/h1-2,5-9H,3-4,10-11H2. The zero-order valence-electron chi connectivity index (χ0n) is 13.3. The number of pyridine rings is 1. The molecule has 2 aromatic rings. The lowest BCUT2D eigenvalue weighted by atomic mass is 10.1. The lowest BCUT2D eigenvalue weighted by Crippen LogP contribution is -2.33. The van der Waals surface area contributed by atoms with Gasteiger partial charge in [-0.25, -0.2) is 9.78 Å². The molecule has 126 valence electrons. The van der Waals surface area contributed by atoms with Crippen LogP contribution in [0.1, 0.15) is 43.9 Å². The summed E-state index contributed by atoms with van der Waals surface area (Å²) in [5, 5.41) is 0.522. The van der Waals surface area contributed by atoms with Crippen molar-refractivity contribution >= 4 is 23.6 Å². The number of benzene rings is 1. The van der Waals surface area contributed by atoms with Crippen molar-refractivity contribution in [3.05, 3.63) is 59.3 Å². The van der Waals surface area contributed by atoms with E-state index in [4.69, 9.17) is 4.84 Å². The summed E-state index contributed by atoms with van der Waals surface area (Å²) in [6.07, 6.45) is 3.67. The van der Waals surface area contributed by atoms with Crippen LogP contribution in [-0.2, 0) is 4.84 Å². The molecule has 0 radical (unpaired) electrons. The van der Waals surface area contributed by atoms with E-state index >= 15 is 0 Å². The van der Waals surface area contributed by atoms with Gasteiger partial charge in [-0.3, -0.25) is 9.59 Å². The van der Waals surface area contributed by atoms with E-state index in [0.717, 1.165) is 25.9 Å². The maximum Gasteiger partial charge on any atom is 0.367 e. The third-order valence-electron chi connectivity index (χ3n) is 4.34. The van der Waals surface area contributed by atoms with Crippen LogP contribution < -0.4 is 4.90 Å². The first-order valence-corrected chi connectivity index (χ1v) is 8.07. The molecule has 1 fully saturated rings. The van der Waals surface area contributed by atoms with Crippen molar-refractivity contribution < 1.29 is 19.2 Å². The topological polar surface area (TPSA) is 79.8 Å². The molecule has 0 spiro atoms. The monoisotopic (exact) mass is 337 g/mol. The highest BCUT2D eigenvalue weighted by molar-refractivity contribution is 6.21. The molecule has 0 aliphatic carbocycles. The summed E-state index contributed by atoms with van der Waals surface area (Å²) in [4.78, 5) is 48.6. The first-order valence-electron chi connectivity index (χ1n) is 8.07. The second-order valence-corrected chi connectivity index (χ2v) is 5.90. The SMILES string of the molecule is O=C(ON1C(=O)c2ccccc2C1=O)c1cccnc1N1CCCC1. The number of hydrogen-bond donors (Lipinski definition) is 0. The molecule has 7 heteroatoms. The quantitative estimate of drug-likeness (QED) is 0.798. The van der Waals surface area contributed by atoms with Crippen LogP contribution >= 0.6 is 0 Å². The molecule has 4 rings (SSSR count). The molecule has 1 aromatic carbocycles. The molecule has 0 unspecified atom stereocenters. The maximum absolute atomic E-state index is 12.6. The van der Waals surface area contributed by atoms with E-state index in [2.05, 4.69) is 4.98 Å². The number of fused-ring (bicyclic) bond motifs is 1. The number of rotatable bonds is 3. The van der Waals surface area contributed by atoms with E-state index in [1.54, 1.807) is 30.5 Å². The molecule has 0 N–H and O–H groups in total. The number of nitrogens with zero attached hydrogens (tertiary/aromatic N) is 3. The van der Waals surface area contributed by atoms with E-state index in [1.165, 1.54) is 12.1 Å². The molecule has 2 aliphatic rings. The summed E-state index contributed by atoms with van der Waals surface area (Å²) in [5.41, 5.74) is 0.693. The van der Waals surface area contributed by atoms with Crippen LogP contribution in [-0.4, -0.2) is 40.9 Å². The van der Waals surface area contributed by atoms with Gasteiger partial charge in [0.15, 0.2) is 0 Å². The van der Waals surface area contributed by atoms with Gasteiger partial charge in [-0.15, -0.1) is 0 Å². The molecule has 2 aliphatic heterocycles. The van der Waals surface area contributed by atoms with Crippen LogP contribution in [0.3, 0.4) is 0 Å². The van der Waals surface area contributed by atoms with Gasteiger partial charge in [-0.2, -0.15) is 0 Å². The van der Waals surface area contributed by atoms with Gasteiger partial charge >= 0.3 is 5.97 Å². The molecule has 7 nitrogen and oxygen atoms in total. The number of aromatic nitrogens is 1. The lowest BCUT2D eigenvalue weighted by Gasteiger charge is -2.20. The number of hydroxylamine groups is 2. The smallest absolute Gasteiger partial charge is 0.356 e. The van der Waals surface area contributed by atoms with Crippen molar-refractivity contribution in [3.63, 3.8) is 0 Å². The molecule has 0 saturated carbocycles. The fourth-order valence-corrected chi connectivity index (χ4v) is 3.12. The van der Waals surface area contributed by atoms with Crippen molar-refractivity contribution in [2.24, 2.45) is 0 Å². The molecule has 2 amide bonds. The molecule has 0 atom stereocenters. The van der Waals surface area contributed by atoms with Crippen molar-refractivity contribution in [1.29, 1.82) is 0 Å².